The first kappa shape index (κ1) is 10.2. The highest BCUT2D eigenvalue weighted by atomic mass is 19.3. The molecule has 0 spiro atoms. The van der Waals surface area contributed by atoms with E-state index >= 15 is 0 Å². The number of nitriles is 1. The quantitative estimate of drug-likeness (QED) is 0.540. The zero-order valence-corrected chi connectivity index (χ0v) is 6.67. The molecule has 0 N–H and O–H groups in total. The minimum Gasteiger partial charge on any atom is -0.298 e. The van der Waals surface area contributed by atoms with E-state index in [-0.39, 0.29) is 6.29 Å². The van der Waals surface area contributed by atoms with E-state index in [9.17, 15) is 18.0 Å². The second-order valence-electron chi connectivity index (χ2n) is 2.34. The molecule has 0 fully saturated rings. The number of carbonyl (C=O) groups excluding carboxylic acids is 1. The molecule has 1 rings (SSSR count). The van der Waals surface area contributed by atoms with Crippen molar-refractivity contribution in [3.63, 3.8) is 0 Å². The van der Waals surface area contributed by atoms with Gasteiger partial charge in [0.15, 0.2) is 12.0 Å². The molecule has 0 saturated heterocycles. The average Bonchev–Trinajstić information content (AvgIpc) is 2.16. The maximum Gasteiger partial charge on any atom is 0.266 e. The number of hydrogen-bond donors (Lipinski definition) is 0. The zero-order valence-electron chi connectivity index (χ0n) is 6.67. The Hall–Kier alpha value is -1.90. The van der Waals surface area contributed by atoms with Crippen LogP contribution in [0, 0.1) is 17.3 Å². The van der Waals surface area contributed by atoms with Crippen LogP contribution in [0.2, 0.25) is 0 Å². The SMILES string of the molecule is N#Cc1nc(F)c(C=O)cc1C(F)F. The van der Waals surface area contributed by atoms with Gasteiger partial charge in [-0.3, -0.25) is 4.79 Å². The normalized spacial score (nSPS) is 9.93. The number of alkyl halides is 2. The predicted molar refractivity (Wildman–Crippen MR) is 39.3 cm³/mol. The molecule has 1 aromatic rings. The average molecular weight is 200 g/mol. The summed E-state index contributed by atoms with van der Waals surface area (Å²) in [4.78, 5) is 13.1. The van der Waals surface area contributed by atoms with Gasteiger partial charge in [0.05, 0.1) is 11.1 Å². The Balaban J connectivity index is 3.41. The van der Waals surface area contributed by atoms with E-state index in [0.29, 0.717) is 6.07 Å². The summed E-state index contributed by atoms with van der Waals surface area (Å²) in [6.45, 7) is 0. The standard InChI is InChI=1S/C8H3F3N2O/c9-7(10)5-1-4(3-14)8(11)13-6(5)2-12/h1,3,7H. The van der Waals surface area contributed by atoms with Crippen LogP contribution in [0.15, 0.2) is 6.07 Å². The number of pyridine rings is 1. The first-order chi connectivity index (χ1) is 6.60. The Morgan fingerprint density at radius 3 is 2.64 bits per heavy atom. The van der Waals surface area contributed by atoms with E-state index < -0.39 is 29.2 Å². The third-order valence-corrected chi connectivity index (χ3v) is 1.50. The van der Waals surface area contributed by atoms with Crippen molar-refractivity contribution in [1.29, 1.82) is 5.26 Å². The fourth-order valence-corrected chi connectivity index (χ4v) is 0.861. The Morgan fingerprint density at radius 1 is 1.57 bits per heavy atom. The van der Waals surface area contributed by atoms with Crippen molar-refractivity contribution in [2.75, 3.05) is 0 Å². The van der Waals surface area contributed by atoms with Gasteiger partial charge in [-0.2, -0.15) is 9.65 Å². The molecular formula is C8H3F3N2O. The van der Waals surface area contributed by atoms with Crippen molar-refractivity contribution in [3.8, 4) is 6.07 Å². The topological polar surface area (TPSA) is 53.8 Å². The molecule has 0 aliphatic heterocycles. The number of halogens is 3. The van der Waals surface area contributed by atoms with Crippen LogP contribution in [-0.4, -0.2) is 11.3 Å². The van der Waals surface area contributed by atoms with Gasteiger partial charge >= 0.3 is 0 Å². The molecular weight excluding hydrogens is 197 g/mol. The maximum atomic E-state index is 12.7. The van der Waals surface area contributed by atoms with Crippen LogP contribution in [0.25, 0.3) is 0 Å². The van der Waals surface area contributed by atoms with Crippen LogP contribution in [-0.2, 0) is 0 Å². The lowest BCUT2D eigenvalue weighted by molar-refractivity contribution is 0.111. The third kappa shape index (κ3) is 1.71. The summed E-state index contributed by atoms with van der Waals surface area (Å²) < 4.78 is 37.2. The van der Waals surface area contributed by atoms with E-state index in [1.807, 2.05) is 0 Å². The molecule has 0 aliphatic rings. The number of rotatable bonds is 2. The summed E-state index contributed by atoms with van der Waals surface area (Å²) in [6.07, 6.45) is -2.90. The van der Waals surface area contributed by atoms with Gasteiger partial charge in [0.2, 0.25) is 5.95 Å². The van der Waals surface area contributed by atoms with E-state index in [2.05, 4.69) is 4.98 Å². The Bertz CT molecular complexity index is 412. The van der Waals surface area contributed by atoms with Crippen molar-refractivity contribution in [2.45, 2.75) is 6.43 Å². The molecule has 0 aliphatic carbocycles. The molecule has 0 saturated carbocycles. The van der Waals surface area contributed by atoms with Gasteiger partial charge in [-0.15, -0.1) is 0 Å². The number of aldehydes is 1. The van der Waals surface area contributed by atoms with E-state index in [4.69, 9.17) is 5.26 Å². The van der Waals surface area contributed by atoms with Crippen molar-refractivity contribution < 1.29 is 18.0 Å². The lowest BCUT2D eigenvalue weighted by Crippen LogP contribution is -2.01. The minimum absolute atomic E-state index is 0.0648. The summed E-state index contributed by atoms with van der Waals surface area (Å²) in [7, 11) is 0. The van der Waals surface area contributed by atoms with Crippen LogP contribution in [0.5, 0.6) is 0 Å². The van der Waals surface area contributed by atoms with E-state index in [1.54, 1.807) is 0 Å². The molecule has 1 heterocycles. The van der Waals surface area contributed by atoms with Gasteiger partial charge < -0.3 is 0 Å². The highest BCUT2D eigenvalue weighted by Gasteiger charge is 2.17. The zero-order chi connectivity index (χ0) is 10.7. The van der Waals surface area contributed by atoms with Crippen LogP contribution in [0.4, 0.5) is 13.2 Å². The summed E-state index contributed by atoms with van der Waals surface area (Å²) in [5.74, 6) is -1.22. The molecule has 3 nitrogen and oxygen atoms in total. The molecule has 1 aromatic heterocycles. The van der Waals surface area contributed by atoms with Gasteiger partial charge in [-0.1, -0.05) is 0 Å². The number of carbonyl (C=O) groups is 1. The Kier molecular flexibility index (Phi) is 2.82. The molecule has 14 heavy (non-hydrogen) atoms. The van der Waals surface area contributed by atoms with Crippen molar-refractivity contribution in [3.05, 3.63) is 28.8 Å². The highest BCUT2D eigenvalue weighted by Crippen LogP contribution is 2.22. The lowest BCUT2D eigenvalue weighted by Gasteiger charge is -2.02. The second-order valence-corrected chi connectivity index (χ2v) is 2.34. The van der Waals surface area contributed by atoms with Crippen LogP contribution < -0.4 is 0 Å². The van der Waals surface area contributed by atoms with Gasteiger partial charge in [-0.05, 0) is 6.07 Å². The first-order valence-corrected chi connectivity index (χ1v) is 3.44. The van der Waals surface area contributed by atoms with Crippen LogP contribution in [0.3, 0.4) is 0 Å². The van der Waals surface area contributed by atoms with E-state index in [1.165, 1.54) is 6.07 Å². The predicted octanol–water partition coefficient (Wildman–Crippen LogP) is 1.84. The molecule has 0 atom stereocenters. The number of hydrogen-bond acceptors (Lipinski definition) is 3. The lowest BCUT2D eigenvalue weighted by atomic mass is 10.1. The molecule has 0 aromatic carbocycles. The maximum absolute atomic E-state index is 12.7. The Morgan fingerprint density at radius 2 is 2.21 bits per heavy atom. The summed E-state index contributed by atoms with van der Waals surface area (Å²) in [5.41, 5.74) is -2.03. The van der Waals surface area contributed by atoms with Gasteiger partial charge in [-0.25, -0.2) is 13.8 Å². The summed E-state index contributed by atoms with van der Waals surface area (Å²) in [5, 5.41) is 8.35. The van der Waals surface area contributed by atoms with Gasteiger partial charge in [0, 0.05) is 0 Å². The van der Waals surface area contributed by atoms with Crippen LogP contribution >= 0.6 is 0 Å². The second kappa shape index (κ2) is 3.87. The minimum atomic E-state index is -2.96. The molecule has 0 amide bonds. The van der Waals surface area contributed by atoms with Gasteiger partial charge in [0.25, 0.3) is 6.43 Å². The van der Waals surface area contributed by atoms with Crippen molar-refractivity contribution >= 4 is 6.29 Å². The molecule has 0 bridgehead atoms. The fourth-order valence-electron chi connectivity index (χ4n) is 0.861. The largest absolute Gasteiger partial charge is 0.298 e. The van der Waals surface area contributed by atoms with E-state index in [0.717, 1.165) is 0 Å². The molecule has 6 heteroatoms. The number of nitrogens with zero attached hydrogens (tertiary/aromatic N) is 2. The highest BCUT2D eigenvalue weighted by molar-refractivity contribution is 5.75. The number of aromatic nitrogens is 1. The first-order valence-electron chi connectivity index (χ1n) is 3.44. The third-order valence-electron chi connectivity index (χ3n) is 1.50. The van der Waals surface area contributed by atoms with Crippen LogP contribution in [0.1, 0.15) is 28.0 Å². The summed E-state index contributed by atoms with van der Waals surface area (Å²) in [6, 6.07) is 1.95. The monoisotopic (exact) mass is 200 g/mol. The molecule has 0 unspecified atom stereocenters. The molecule has 0 radical (unpaired) electrons. The smallest absolute Gasteiger partial charge is 0.266 e. The van der Waals surface area contributed by atoms with Crippen molar-refractivity contribution in [2.24, 2.45) is 0 Å². The summed E-state index contributed by atoms with van der Waals surface area (Å²) >= 11 is 0. The Labute approximate surface area is 76.8 Å². The molecule has 72 valence electrons. The van der Waals surface area contributed by atoms with Crippen molar-refractivity contribution in [1.82, 2.24) is 4.98 Å². The van der Waals surface area contributed by atoms with Gasteiger partial charge in [0.1, 0.15) is 6.07 Å². The fraction of sp³-hybridized carbons (Fsp3) is 0.125.